The molecule has 0 aliphatic carbocycles. The molecule has 0 aliphatic heterocycles. The molecule has 0 atom stereocenters. The van der Waals surface area contributed by atoms with Crippen LogP contribution in [0.2, 0.25) is 5.02 Å². The minimum absolute atomic E-state index is 0.00300. The van der Waals surface area contributed by atoms with Gasteiger partial charge in [-0.3, -0.25) is 0 Å². The van der Waals surface area contributed by atoms with Crippen molar-refractivity contribution in [3.8, 4) is 11.8 Å². The molecule has 174 valence electrons. The zero-order valence-corrected chi connectivity index (χ0v) is 19.8. The van der Waals surface area contributed by atoms with Crippen molar-refractivity contribution in [3.63, 3.8) is 0 Å². The summed E-state index contributed by atoms with van der Waals surface area (Å²) >= 11 is 6.31. The van der Waals surface area contributed by atoms with Crippen LogP contribution in [0.25, 0.3) is 6.08 Å². The molecular formula is C25H21ClN2O5S. The molecule has 0 spiro atoms. The Labute approximate surface area is 203 Å². The first-order valence-electron chi connectivity index (χ1n) is 10.1. The number of para-hydroxylation sites is 1. The Morgan fingerprint density at radius 2 is 1.74 bits per heavy atom. The number of rotatable bonds is 9. The second-order valence-electron chi connectivity index (χ2n) is 7.26. The van der Waals surface area contributed by atoms with Crippen molar-refractivity contribution in [2.75, 3.05) is 7.11 Å². The number of aliphatic carboxylic acids is 1. The Morgan fingerprint density at radius 1 is 1.09 bits per heavy atom. The lowest BCUT2D eigenvalue weighted by atomic mass is 10.1. The van der Waals surface area contributed by atoms with Gasteiger partial charge in [-0.05, 0) is 53.1 Å². The van der Waals surface area contributed by atoms with E-state index in [4.69, 9.17) is 26.7 Å². The number of carboxylic acid groups (broad SMARTS) is 1. The lowest BCUT2D eigenvalue weighted by Crippen LogP contribution is -2.30. The predicted octanol–water partition coefficient (Wildman–Crippen LogP) is 4.71. The van der Waals surface area contributed by atoms with Crippen LogP contribution in [0.3, 0.4) is 0 Å². The van der Waals surface area contributed by atoms with Gasteiger partial charge in [0, 0.05) is 24.2 Å². The van der Waals surface area contributed by atoms with Crippen molar-refractivity contribution in [1.29, 1.82) is 5.26 Å². The van der Waals surface area contributed by atoms with Gasteiger partial charge in [0.1, 0.15) is 10.6 Å². The van der Waals surface area contributed by atoms with E-state index in [1.165, 1.54) is 23.6 Å². The molecule has 0 saturated heterocycles. The number of ether oxygens (including phenoxy) is 1. The van der Waals surface area contributed by atoms with Crippen molar-refractivity contribution in [3.05, 3.63) is 100 Å². The minimum atomic E-state index is -3.99. The molecule has 0 saturated carbocycles. The average molecular weight is 497 g/mol. The lowest BCUT2D eigenvalue weighted by molar-refractivity contribution is -0.131. The highest BCUT2D eigenvalue weighted by Crippen LogP contribution is 2.29. The van der Waals surface area contributed by atoms with Gasteiger partial charge in [-0.2, -0.15) is 9.57 Å². The van der Waals surface area contributed by atoms with Gasteiger partial charge in [-0.15, -0.1) is 0 Å². The van der Waals surface area contributed by atoms with Gasteiger partial charge < -0.3 is 9.84 Å². The maximum atomic E-state index is 13.7. The number of methoxy groups -OCH3 is 1. The van der Waals surface area contributed by atoms with E-state index in [0.29, 0.717) is 27.3 Å². The first-order valence-corrected chi connectivity index (χ1v) is 11.9. The third-order valence-electron chi connectivity index (χ3n) is 4.96. The number of hydrogen-bond acceptors (Lipinski definition) is 5. The fourth-order valence-electron chi connectivity index (χ4n) is 3.25. The number of nitriles is 1. The van der Waals surface area contributed by atoms with Gasteiger partial charge in [0.15, 0.2) is 0 Å². The first kappa shape index (κ1) is 25.0. The molecule has 3 aromatic rings. The number of benzene rings is 3. The van der Waals surface area contributed by atoms with E-state index in [1.54, 1.807) is 60.7 Å². The summed E-state index contributed by atoms with van der Waals surface area (Å²) in [5.41, 5.74) is 2.29. The molecule has 0 aliphatic rings. The van der Waals surface area contributed by atoms with Crippen molar-refractivity contribution in [2.24, 2.45) is 0 Å². The number of hydrogen-bond donors (Lipinski definition) is 1. The summed E-state index contributed by atoms with van der Waals surface area (Å²) in [4.78, 5) is 10.8. The van der Waals surface area contributed by atoms with E-state index in [9.17, 15) is 13.2 Å². The highest BCUT2D eigenvalue weighted by molar-refractivity contribution is 7.89. The second kappa shape index (κ2) is 11.0. The number of carbonyl (C=O) groups is 1. The Morgan fingerprint density at radius 3 is 2.35 bits per heavy atom. The molecule has 0 fully saturated rings. The molecule has 0 unspecified atom stereocenters. The third kappa shape index (κ3) is 6.02. The lowest BCUT2D eigenvalue weighted by Gasteiger charge is -2.24. The van der Waals surface area contributed by atoms with Gasteiger partial charge in [-0.25, -0.2) is 13.2 Å². The van der Waals surface area contributed by atoms with E-state index >= 15 is 0 Å². The standard InChI is InChI=1S/C25H21ClN2O5S/c1-33-23-4-2-3-5-24(23)34(31,32)28(16-19-8-6-18(15-27)7-9-19)17-20-10-11-21(22(26)14-20)12-13-25(29)30/h2-14H,16-17H2,1H3,(H,29,30)/b13-12+. The van der Waals surface area contributed by atoms with E-state index in [2.05, 4.69) is 0 Å². The summed E-state index contributed by atoms with van der Waals surface area (Å²) in [6.07, 6.45) is 2.35. The smallest absolute Gasteiger partial charge is 0.328 e. The topological polar surface area (TPSA) is 108 Å². The van der Waals surface area contributed by atoms with Crippen LogP contribution in [0, 0.1) is 11.3 Å². The maximum Gasteiger partial charge on any atom is 0.328 e. The Bertz CT molecular complexity index is 1360. The largest absolute Gasteiger partial charge is 0.495 e. The molecule has 34 heavy (non-hydrogen) atoms. The Hall–Kier alpha value is -3.64. The average Bonchev–Trinajstić information content (AvgIpc) is 2.83. The molecule has 3 aromatic carbocycles. The summed E-state index contributed by atoms with van der Waals surface area (Å²) in [6, 6.07) is 20.0. The van der Waals surface area contributed by atoms with Crippen LogP contribution >= 0.6 is 11.6 Å². The predicted molar refractivity (Wildman–Crippen MR) is 129 cm³/mol. The molecule has 0 bridgehead atoms. The van der Waals surface area contributed by atoms with Crippen molar-refractivity contribution < 1.29 is 23.1 Å². The highest BCUT2D eigenvalue weighted by Gasteiger charge is 2.28. The summed E-state index contributed by atoms with van der Waals surface area (Å²) in [6.45, 7) is 0.0490. The fraction of sp³-hybridized carbons (Fsp3) is 0.120. The van der Waals surface area contributed by atoms with Gasteiger partial charge in [0.05, 0.1) is 18.7 Å². The van der Waals surface area contributed by atoms with Gasteiger partial charge in [0.25, 0.3) is 0 Å². The van der Waals surface area contributed by atoms with Crippen LogP contribution in [0.5, 0.6) is 5.75 Å². The summed E-state index contributed by atoms with van der Waals surface area (Å²) in [7, 11) is -2.59. The van der Waals surface area contributed by atoms with Gasteiger partial charge in [-0.1, -0.05) is 48.0 Å². The van der Waals surface area contributed by atoms with Crippen LogP contribution in [0.1, 0.15) is 22.3 Å². The summed E-state index contributed by atoms with van der Waals surface area (Å²) < 4.78 is 33.9. The molecule has 7 nitrogen and oxygen atoms in total. The quantitative estimate of drug-likeness (QED) is 0.430. The van der Waals surface area contributed by atoms with Crippen molar-refractivity contribution in [2.45, 2.75) is 18.0 Å². The molecule has 0 aromatic heterocycles. The van der Waals surface area contributed by atoms with Gasteiger partial charge in [0.2, 0.25) is 10.0 Å². The van der Waals surface area contributed by atoms with Crippen LogP contribution in [0.15, 0.2) is 77.7 Å². The number of nitrogens with zero attached hydrogens (tertiary/aromatic N) is 2. The SMILES string of the molecule is COc1ccccc1S(=O)(=O)N(Cc1ccc(C#N)cc1)Cc1ccc(/C=C/C(=O)O)c(Cl)c1. The van der Waals surface area contributed by atoms with Crippen LogP contribution in [-0.4, -0.2) is 30.9 Å². The number of sulfonamides is 1. The third-order valence-corrected chi connectivity index (χ3v) is 7.12. The number of carboxylic acids is 1. The molecule has 0 amide bonds. The second-order valence-corrected chi connectivity index (χ2v) is 9.57. The molecule has 9 heteroatoms. The first-order chi connectivity index (χ1) is 16.2. The highest BCUT2D eigenvalue weighted by atomic mass is 35.5. The van der Waals surface area contributed by atoms with E-state index in [-0.39, 0.29) is 23.7 Å². The monoisotopic (exact) mass is 496 g/mol. The van der Waals surface area contributed by atoms with Crippen LogP contribution < -0.4 is 4.74 Å². The minimum Gasteiger partial charge on any atom is -0.495 e. The molecule has 0 radical (unpaired) electrons. The van der Waals surface area contributed by atoms with E-state index < -0.39 is 16.0 Å². The fourth-order valence-corrected chi connectivity index (χ4v) is 5.09. The molecule has 0 heterocycles. The summed E-state index contributed by atoms with van der Waals surface area (Å²) in [5.74, 6) is -0.879. The van der Waals surface area contributed by atoms with Crippen LogP contribution in [0.4, 0.5) is 0 Å². The molecule has 1 N–H and O–H groups in total. The zero-order valence-electron chi connectivity index (χ0n) is 18.2. The maximum absolute atomic E-state index is 13.7. The van der Waals surface area contributed by atoms with E-state index in [0.717, 1.165) is 6.08 Å². The molecule has 3 rings (SSSR count). The van der Waals surface area contributed by atoms with Gasteiger partial charge >= 0.3 is 5.97 Å². The number of halogens is 1. The normalized spacial score (nSPS) is 11.5. The Balaban J connectivity index is 2.00. The summed E-state index contributed by atoms with van der Waals surface area (Å²) in [5, 5.41) is 18.2. The van der Waals surface area contributed by atoms with Crippen LogP contribution in [-0.2, 0) is 27.9 Å². The van der Waals surface area contributed by atoms with Crippen molar-refractivity contribution >= 4 is 33.7 Å². The van der Waals surface area contributed by atoms with E-state index in [1.807, 2.05) is 6.07 Å². The molecular weight excluding hydrogens is 476 g/mol. The van der Waals surface area contributed by atoms with Crippen molar-refractivity contribution in [1.82, 2.24) is 4.31 Å². The zero-order chi connectivity index (χ0) is 24.7. The Kier molecular flexibility index (Phi) is 8.08.